The number of allylic oxidation sites excluding steroid dienone is 2. The summed E-state index contributed by atoms with van der Waals surface area (Å²) in [6.45, 7) is 4.27. The van der Waals surface area contributed by atoms with E-state index in [0.29, 0.717) is 12.2 Å². The lowest BCUT2D eigenvalue weighted by Crippen LogP contribution is -2.31. The van der Waals surface area contributed by atoms with Crippen LogP contribution >= 0.6 is 11.8 Å². The Morgan fingerprint density at radius 1 is 0.875 bits per heavy atom. The van der Waals surface area contributed by atoms with Crippen LogP contribution in [-0.4, -0.2) is 17.6 Å². The van der Waals surface area contributed by atoms with Crippen LogP contribution in [0.5, 0.6) is 5.75 Å². The molecular formula is C28H40F2OS. The molecule has 0 aromatic heterocycles. The van der Waals surface area contributed by atoms with Gasteiger partial charge in [0.05, 0.1) is 6.61 Å². The number of hydrogen-bond acceptors (Lipinski definition) is 2. The number of ether oxygens (including phenoxy) is 1. The monoisotopic (exact) mass is 462 g/mol. The molecule has 1 heterocycles. The summed E-state index contributed by atoms with van der Waals surface area (Å²) >= 11 is 2.23. The van der Waals surface area contributed by atoms with Crippen molar-refractivity contribution in [1.82, 2.24) is 0 Å². The molecule has 4 rings (SSSR count). The van der Waals surface area contributed by atoms with Crippen LogP contribution in [0.1, 0.15) is 89.5 Å². The van der Waals surface area contributed by atoms with Crippen LogP contribution in [0.4, 0.5) is 8.78 Å². The van der Waals surface area contributed by atoms with Crippen LogP contribution in [0.25, 0.3) is 0 Å². The van der Waals surface area contributed by atoms with Gasteiger partial charge < -0.3 is 4.74 Å². The normalized spacial score (nSPS) is 34.0. The van der Waals surface area contributed by atoms with Crippen molar-refractivity contribution in [3.63, 3.8) is 0 Å². The van der Waals surface area contributed by atoms with Gasteiger partial charge in [-0.15, -0.1) is 0 Å². The number of benzene rings is 1. The first kappa shape index (κ1) is 24.1. The van der Waals surface area contributed by atoms with Crippen molar-refractivity contribution in [2.75, 3.05) is 12.4 Å². The van der Waals surface area contributed by atoms with Crippen molar-refractivity contribution in [2.45, 2.75) is 89.2 Å². The fourth-order valence-electron chi connectivity index (χ4n) is 6.61. The first-order valence-electron chi connectivity index (χ1n) is 13.0. The molecule has 0 bridgehead atoms. The lowest BCUT2D eigenvalue weighted by Gasteiger charge is -2.41. The molecule has 2 atom stereocenters. The summed E-state index contributed by atoms with van der Waals surface area (Å²) in [4.78, 5) is 0. The standard InChI is InChI=1S/C28H40F2OS/c1-3-5-19-6-17-26(32-18-19)23-13-9-21(10-14-23)20-7-11-22(12-8-20)24-15-16-25(31-4-2)28(30)27(24)29/h3,5,15-16,19-23,26H,4,6-14,17-18H2,1-2H3/b5-3+/t19?,20?,21?,22?,23?,26-/m0/s1. The molecule has 1 saturated heterocycles. The summed E-state index contributed by atoms with van der Waals surface area (Å²) in [5, 5.41) is 0.880. The highest BCUT2D eigenvalue weighted by Gasteiger charge is 2.35. The maximum absolute atomic E-state index is 14.6. The molecule has 4 heteroatoms. The van der Waals surface area contributed by atoms with E-state index in [1.807, 2.05) is 0 Å². The summed E-state index contributed by atoms with van der Waals surface area (Å²) in [7, 11) is 0. The Balaban J connectivity index is 1.24. The number of rotatable bonds is 6. The van der Waals surface area contributed by atoms with Crippen LogP contribution < -0.4 is 4.74 Å². The Labute approximate surface area is 197 Å². The average molecular weight is 463 g/mol. The lowest BCUT2D eigenvalue weighted by atomic mass is 9.67. The fraction of sp³-hybridized carbons (Fsp3) is 0.714. The van der Waals surface area contributed by atoms with Crippen molar-refractivity contribution in [1.29, 1.82) is 0 Å². The van der Waals surface area contributed by atoms with Crippen LogP contribution in [0.3, 0.4) is 0 Å². The number of hydrogen-bond donors (Lipinski definition) is 0. The molecule has 0 radical (unpaired) electrons. The molecule has 32 heavy (non-hydrogen) atoms. The van der Waals surface area contributed by atoms with E-state index in [-0.39, 0.29) is 11.7 Å². The van der Waals surface area contributed by atoms with Gasteiger partial charge in [0.1, 0.15) is 0 Å². The molecule has 3 aliphatic rings. The molecule has 0 N–H and O–H groups in total. The zero-order chi connectivity index (χ0) is 22.5. The highest BCUT2D eigenvalue weighted by Crippen LogP contribution is 2.47. The maximum atomic E-state index is 14.6. The first-order valence-corrected chi connectivity index (χ1v) is 14.0. The SMILES string of the molecule is C/C=C/C1CC[C@@H](C2CCC(C3CCC(c4ccc(OCC)c(F)c4F)CC3)CC2)SC1. The third kappa shape index (κ3) is 5.54. The van der Waals surface area contributed by atoms with Gasteiger partial charge >= 0.3 is 0 Å². The van der Waals surface area contributed by atoms with Gasteiger partial charge in [-0.3, -0.25) is 0 Å². The summed E-state index contributed by atoms with van der Waals surface area (Å²) in [5.74, 6) is 3.32. The van der Waals surface area contributed by atoms with Crippen LogP contribution in [0, 0.1) is 35.3 Å². The zero-order valence-corrected chi connectivity index (χ0v) is 20.6. The van der Waals surface area contributed by atoms with Gasteiger partial charge in [0.15, 0.2) is 11.6 Å². The first-order chi connectivity index (χ1) is 15.6. The predicted octanol–water partition coefficient (Wildman–Crippen LogP) is 8.53. The number of thioether (sulfide) groups is 1. The minimum atomic E-state index is -0.817. The van der Waals surface area contributed by atoms with E-state index >= 15 is 0 Å². The second kappa shape index (κ2) is 11.4. The highest BCUT2D eigenvalue weighted by atomic mass is 32.2. The Morgan fingerprint density at radius 2 is 1.53 bits per heavy atom. The zero-order valence-electron chi connectivity index (χ0n) is 19.8. The Morgan fingerprint density at radius 3 is 2.12 bits per heavy atom. The molecule has 3 fully saturated rings. The largest absolute Gasteiger partial charge is 0.491 e. The minimum absolute atomic E-state index is 0.0349. The Bertz CT molecular complexity index is 755. The van der Waals surface area contributed by atoms with Crippen LogP contribution in [0.15, 0.2) is 24.3 Å². The van der Waals surface area contributed by atoms with E-state index in [9.17, 15) is 8.78 Å². The lowest BCUT2D eigenvalue weighted by molar-refractivity contribution is 0.156. The molecule has 1 aromatic carbocycles. The number of halogens is 2. The van der Waals surface area contributed by atoms with Crippen molar-refractivity contribution in [3.05, 3.63) is 41.5 Å². The van der Waals surface area contributed by atoms with Crippen molar-refractivity contribution in [3.8, 4) is 5.75 Å². The minimum Gasteiger partial charge on any atom is -0.491 e. The fourth-order valence-corrected chi connectivity index (χ4v) is 8.23. The summed E-state index contributed by atoms with van der Waals surface area (Å²) in [6.07, 6.45) is 17.2. The topological polar surface area (TPSA) is 9.23 Å². The summed E-state index contributed by atoms with van der Waals surface area (Å²) in [5.41, 5.74) is 0.554. The van der Waals surface area contributed by atoms with Crippen molar-refractivity contribution >= 4 is 11.8 Å². The van der Waals surface area contributed by atoms with E-state index < -0.39 is 11.6 Å². The molecule has 1 aromatic rings. The second-order valence-electron chi connectivity index (χ2n) is 10.2. The van der Waals surface area contributed by atoms with Gasteiger partial charge in [-0.1, -0.05) is 18.2 Å². The smallest absolute Gasteiger partial charge is 0.200 e. The van der Waals surface area contributed by atoms with Gasteiger partial charge in [-0.05, 0) is 125 Å². The molecule has 1 aliphatic heterocycles. The van der Waals surface area contributed by atoms with E-state index in [4.69, 9.17) is 4.74 Å². The third-order valence-corrected chi connectivity index (χ3v) is 10.1. The van der Waals surface area contributed by atoms with Crippen LogP contribution in [0.2, 0.25) is 0 Å². The van der Waals surface area contributed by atoms with Crippen LogP contribution in [-0.2, 0) is 0 Å². The molecule has 1 nitrogen and oxygen atoms in total. The van der Waals surface area contributed by atoms with E-state index in [0.717, 1.165) is 54.6 Å². The highest BCUT2D eigenvalue weighted by molar-refractivity contribution is 7.99. The third-order valence-electron chi connectivity index (χ3n) is 8.41. The van der Waals surface area contributed by atoms with Gasteiger partial charge in [0, 0.05) is 5.25 Å². The second-order valence-corrected chi connectivity index (χ2v) is 11.5. The Kier molecular flexibility index (Phi) is 8.59. The molecule has 1 unspecified atom stereocenters. The maximum Gasteiger partial charge on any atom is 0.200 e. The molecule has 2 saturated carbocycles. The summed E-state index contributed by atoms with van der Waals surface area (Å²) < 4.78 is 34.2. The van der Waals surface area contributed by atoms with Gasteiger partial charge in [-0.2, -0.15) is 16.2 Å². The average Bonchev–Trinajstić information content (AvgIpc) is 2.83. The predicted molar refractivity (Wildman–Crippen MR) is 131 cm³/mol. The van der Waals surface area contributed by atoms with Crippen molar-refractivity contribution in [2.24, 2.45) is 23.7 Å². The quantitative estimate of drug-likeness (QED) is 0.392. The van der Waals surface area contributed by atoms with Gasteiger partial charge in [-0.25, -0.2) is 4.39 Å². The van der Waals surface area contributed by atoms with E-state index in [1.165, 1.54) is 44.3 Å². The van der Waals surface area contributed by atoms with Crippen molar-refractivity contribution < 1.29 is 13.5 Å². The van der Waals surface area contributed by atoms with Gasteiger partial charge in [0.2, 0.25) is 5.82 Å². The van der Waals surface area contributed by atoms with E-state index in [2.05, 4.69) is 30.8 Å². The Hall–Kier alpha value is -1.03. The molecule has 178 valence electrons. The molecule has 0 spiro atoms. The summed E-state index contributed by atoms with van der Waals surface area (Å²) in [6, 6.07) is 3.36. The molecular weight excluding hydrogens is 422 g/mol. The molecule has 0 amide bonds. The van der Waals surface area contributed by atoms with Gasteiger partial charge in [0.25, 0.3) is 0 Å². The van der Waals surface area contributed by atoms with E-state index in [1.54, 1.807) is 19.1 Å². The molecule has 2 aliphatic carbocycles.